The Kier molecular flexibility index (Phi) is 6.94. The summed E-state index contributed by atoms with van der Waals surface area (Å²) in [7, 11) is 0. The van der Waals surface area contributed by atoms with Gasteiger partial charge in [-0.2, -0.15) is 0 Å². The van der Waals surface area contributed by atoms with Crippen LogP contribution in [0.3, 0.4) is 0 Å². The third kappa shape index (κ3) is 5.05. The number of rotatable bonds is 4. The van der Waals surface area contributed by atoms with Crippen molar-refractivity contribution >= 4 is 57.2 Å². The number of thiophene rings is 1. The SMILES string of the molecule is CCNC(=NCc1cc(Br)cs1)NC1CC1C.I. The van der Waals surface area contributed by atoms with Gasteiger partial charge in [0.1, 0.15) is 0 Å². The van der Waals surface area contributed by atoms with E-state index in [0.717, 1.165) is 29.4 Å². The van der Waals surface area contributed by atoms with E-state index in [1.807, 2.05) is 0 Å². The van der Waals surface area contributed by atoms with Crippen LogP contribution in [0.15, 0.2) is 20.9 Å². The molecule has 6 heteroatoms. The molecule has 1 saturated carbocycles. The van der Waals surface area contributed by atoms with Crippen molar-refractivity contribution in [1.29, 1.82) is 0 Å². The molecule has 0 amide bonds. The monoisotopic (exact) mass is 443 g/mol. The van der Waals surface area contributed by atoms with E-state index < -0.39 is 0 Å². The van der Waals surface area contributed by atoms with Crippen molar-refractivity contribution in [2.45, 2.75) is 32.9 Å². The Morgan fingerprint density at radius 3 is 2.83 bits per heavy atom. The van der Waals surface area contributed by atoms with E-state index in [0.29, 0.717) is 6.04 Å². The molecule has 2 rings (SSSR count). The minimum Gasteiger partial charge on any atom is -0.357 e. The number of hydrogen-bond acceptors (Lipinski definition) is 2. The van der Waals surface area contributed by atoms with E-state index in [4.69, 9.17) is 0 Å². The second kappa shape index (κ2) is 7.69. The van der Waals surface area contributed by atoms with E-state index in [2.05, 4.69) is 56.8 Å². The first kappa shape index (κ1) is 16.2. The zero-order valence-corrected chi connectivity index (χ0v) is 15.3. The third-order valence-corrected chi connectivity index (χ3v) is 4.47. The summed E-state index contributed by atoms with van der Waals surface area (Å²) < 4.78 is 1.14. The molecule has 0 spiro atoms. The second-order valence-electron chi connectivity index (χ2n) is 4.39. The van der Waals surface area contributed by atoms with Gasteiger partial charge >= 0.3 is 0 Å². The molecule has 1 fully saturated rings. The van der Waals surface area contributed by atoms with Crippen LogP contribution in [-0.2, 0) is 6.54 Å². The summed E-state index contributed by atoms with van der Waals surface area (Å²) in [6.07, 6.45) is 1.26. The molecule has 1 aliphatic rings. The van der Waals surface area contributed by atoms with Crippen molar-refractivity contribution in [2.24, 2.45) is 10.9 Å². The highest BCUT2D eigenvalue weighted by atomic mass is 127. The maximum absolute atomic E-state index is 4.60. The average Bonchev–Trinajstić information content (AvgIpc) is 2.81. The zero-order chi connectivity index (χ0) is 12.3. The van der Waals surface area contributed by atoms with Crippen molar-refractivity contribution in [3.63, 3.8) is 0 Å². The largest absolute Gasteiger partial charge is 0.357 e. The van der Waals surface area contributed by atoms with Crippen molar-refractivity contribution in [1.82, 2.24) is 10.6 Å². The van der Waals surface area contributed by atoms with E-state index in [1.54, 1.807) is 11.3 Å². The first-order chi connectivity index (χ1) is 8.19. The van der Waals surface area contributed by atoms with Crippen molar-refractivity contribution in [3.8, 4) is 0 Å². The fourth-order valence-corrected chi connectivity index (χ4v) is 2.99. The molecule has 1 heterocycles. The average molecular weight is 444 g/mol. The van der Waals surface area contributed by atoms with Crippen LogP contribution in [0.1, 0.15) is 25.1 Å². The predicted molar refractivity (Wildman–Crippen MR) is 93.0 cm³/mol. The Morgan fingerprint density at radius 1 is 1.61 bits per heavy atom. The van der Waals surface area contributed by atoms with Crippen molar-refractivity contribution in [2.75, 3.05) is 6.54 Å². The Hall–Kier alpha value is 0.180. The first-order valence-corrected chi connectivity index (χ1v) is 7.64. The van der Waals surface area contributed by atoms with Crippen LogP contribution in [0.4, 0.5) is 0 Å². The lowest BCUT2D eigenvalue weighted by atomic mass is 10.4. The highest BCUT2D eigenvalue weighted by molar-refractivity contribution is 14.0. The Balaban J connectivity index is 0.00000162. The summed E-state index contributed by atoms with van der Waals surface area (Å²) in [5, 5.41) is 8.83. The van der Waals surface area contributed by atoms with Crippen molar-refractivity contribution < 1.29 is 0 Å². The van der Waals surface area contributed by atoms with Gasteiger partial charge in [0.25, 0.3) is 0 Å². The summed E-state index contributed by atoms with van der Waals surface area (Å²) in [5.41, 5.74) is 0. The standard InChI is InChI=1S/C12H18BrN3S.HI/c1-3-14-12(16-11-4-8(11)2)15-6-10-5-9(13)7-17-10;/h5,7-8,11H,3-4,6H2,1-2H3,(H2,14,15,16);1H. The highest BCUT2D eigenvalue weighted by Gasteiger charge is 2.33. The van der Waals surface area contributed by atoms with Gasteiger partial charge in [0, 0.05) is 27.3 Å². The Labute approximate surface area is 138 Å². The smallest absolute Gasteiger partial charge is 0.191 e. The van der Waals surface area contributed by atoms with Crippen LogP contribution in [0.5, 0.6) is 0 Å². The van der Waals surface area contributed by atoms with Gasteiger partial charge in [-0.25, -0.2) is 4.99 Å². The summed E-state index contributed by atoms with van der Waals surface area (Å²) in [6.45, 7) is 6.00. The van der Waals surface area contributed by atoms with Gasteiger partial charge in [-0.3, -0.25) is 0 Å². The number of nitrogens with one attached hydrogen (secondary N) is 2. The molecule has 0 bridgehead atoms. The molecule has 1 aromatic rings. The van der Waals surface area contributed by atoms with Gasteiger partial charge in [-0.1, -0.05) is 6.92 Å². The van der Waals surface area contributed by atoms with Crippen LogP contribution in [0, 0.1) is 5.92 Å². The van der Waals surface area contributed by atoms with Gasteiger partial charge in [-0.05, 0) is 41.3 Å². The van der Waals surface area contributed by atoms with E-state index in [-0.39, 0.29) is 24.0 Å². The Morgan fingerprint density at radius 2 is 2.33 bits per heavy atom. The number of nitrogens with zero attached hydrogens (tertiary/aromatic N) is 1. The van der Waals surface area contributed by atoms with Crippen LogP contribution in [0.2, 0.25) is 0 Å². The molecule has 3 nitrogen and oxygen atoms in total. The molecule has 2 atom stereocenters. The molecular weight excluding hydrogens is 425 g/mol. The van der Waals surface area contributed by atoms with Crippen LogP contribution >= 0.6 is 51.2 Å². The van der Waals surface area contributed by atoms with Gasteiger partial charge in [0.15, 0.2) is 5.96 Å². The van der Waals surface area contributed by atoms with Gasteiger partial charge in [-0.15, -0.1) is 35.3 Å². The number of aliphatic imine (C=N–C) groups is 1. The highest BCUT2D eigenvalue weighted by Crippen LogP contribution is 2.28. The quantitative estimate of drug-likeness (QED) is 0.423. The molecule has 0 saturated heterocycles. The lowest BCUT2D eigenvalue weighted by molar-refractivity contribution is 0.767. The van der Waals surface area contributed by atoms with Crippen LogP contribution in [-0.4, -0.2) is 18.5 Å². The summed E-state index contributed by atoms with van der Waals surface area (Å²) in [5.74, 6) is 1.72. The lowest BCUT2D eigenvalue weighted by Crippen LogP contribution is -2.39. The minimum absolute atomic E-state index is 0. The summed E-state index contributed by atoms with van der Waals surface area (Å²) >= 11 is 5.19. The normalized spacial score (nSPS) is 22.3. The molecule has 102 valence electrons. The number of guanidine groups is 1. The topological polar surface area (TPSA) is 36.4 Å². The molecule has 0 aromatic carbocycles. The fraction of sp³-hybridized carbons (Fsp3) is 0.583. The third-order valence-electron chi connectivity index (χ3n) is 2.79. The molecular formula is C12H19BrIN3S. The summed E-state index contributed by atoms with van der Waals surface area (Å²) in [4.78, 5) is 5.87. The lowest BCUT2D eigenvalue weighted by Gasteiger charge is -2.10. The predicted octanol–water partition coefficient (Wildman–Crippen LogP) is 3.59. The Bertz CT molecular complexity index is 408. The first-order valence-electron chi connectivity index (χ1n) is 5.96. The zero-order valence-electron chi connectivity index (χ0n) is 10.6. The molecule has 0 aliphatic heterocycles. The maximum Gasteiger partial charge on any atom is 0.191 e. The van der Waals surface area contributed by atoms with Gasteiger partial charge < -0.3 is 10.6 Å². The molecule has 18 heavy (non-hydrogen) atoms. The molecule has 1 aliphatic carbocycles. The van der Waals surface area contributed by atoms with E-state index in [1.165, 1.54) is 11.3 Å². The van der Waals surface area contributed by atoms with Gasteiger partial charge in [0.2, 0.25) is 0 Å². The second-order valence-corrected chi connectivity index (χ2v) is 6.30. The number of hydrogen-bond donors (Lipinski definition) is 2. The van der Waals surface area contributed by atoms with E-state index in [9.17, 15) is 0 Å². The van der Waals surface area contributed by atoms with Gasteiger partial charge in [0.05, 0.1) is 6.54 Å². The van der Waals surface area contributed by atoms with E-state index >= 15 is 0 Å². The molecule has 2 unspecified atom stereocenters. The number of halogens is 2. The molecule has 0 radical (unpaired) electrons. The summed E-state index contributed by atoms with van der Waals surface area (Å²) in [6, 6.07) is 2.74. The molecule has 1 aromatic heterocycles. The van der Waals surface area contributed by atoms with Crippen LogP contribution < -0.4 is 10.6 Å². The molecule has 2 N–H and O–H groups in total. The minimum atomic E-state index is 0. The van der Waals surface area contributed by atoms with Crippen molar-refractivity contribution in [3.05, 3.63) is 20.8 Å². The van der Waals surface area contributed by atoms with Crippen LogP contribution in [0.25, 0.3) is 0 Å². The maximum atomic E-state index is 4.60. The fourth-order valence-electron chi connectivity index (χ4n) is 1.61.